The Bertz CT molecular complexity index is 684. The highest BCUT2D eigenvalue weighted by molar-refractivity contribution is 8.00. The molecule has 0 spiro atoms. The lowest BCUT2D eigenvalue weighted by Crippen LogP contribution is -2.49. The molecule has 1 fully saturated rings. The van der Waals surface area contributed by atoms with E-state index in [-0.39, 0.29) is 12.1 Å². The van der Waals surface area contributed by atoms with E-state index in [1.54, 1.807) is 0 Å². The summed E-state index contributed by atoms with van der Waals surface area (Å²) >= 11 is 1.45. The van der Waals surface area contributed by atoms with Gasteiger partial charge in [-0.05, 0) is 18.2 Å². The minimum absolute atomic E-state index is 0.283. The molecular formula is C14H15F2NO3S2. The fourth-order valence-electron chi connectivity index (χ4n) is 2.11. The van der Waals surface area contributed by atoms with E-state index in [4.69, 9.17) is 0 Å². The molecule has 1 unspecified atom stereocenters. The summed E-state index contributed by atoms with van der Waals surface area (Å²) in [5, 5.41) is -0.908. The van der Waals surface area contributed by atoms with Crippen LogP contribution in [0.3, 0.4) is 0 Å². The number of rotatable bonds is 3. The highest BCUT2D eigenvalue weighted by Crippen LogP contribution is 2.21. The zero-order valence-corrected chi connectivity index (χ0v) is 13.5. The molecule has 1 aliphatic heterocycles. The van der Waals surface area contributed by atoms with Crippen LogP contribution in [0.15, 0.2) is 24.3 Å². The lowest BCUT2D eigenvalue weighted by atomic mass is 10.2. The van der Waals surface area contributed by atoms with Gasteiger partial charge in [-0.25, -0.2) is 17.2 Å². The van der Waals surface area contributed by atoms with Crippen molar-refractivity contribution in [2.24, 2.45) is 0 Å². The first-order chi connectivity index (χ1) is 10.3. The Labute approximate surface area is 132 Å². The molecule has 8 heteroatoms. The topological polar surface area (TPSA) is 54.5 Å². The summed E-state index contributed by atoms with van der Waals surface area (Å²) in [7, 11) is -3.42. The lowest BCUT2D eigenvalue weighted by molar-refractivity contribution is -0.126. The molecular weight excluding hydrogens is 332 g/mol. The number of carbonyl (C=O) groups excluding carboxylic acids is 1. The molecule has 1 amide bonds. The van der Waals surface area contributed by atoms with Crippen LogP contribution in [0.4, 0.5) is 8.78 Å². The first-order valence-corrected chi connectivity index (χ1v) is 9.61. The predicted octanol–water partition coefficient (Wildman–Crippen LogP) is 1.92. The van der Waals surface area contributed by atoms with Crippen molar-refractivity contribution in [3.8, 4) is 0 Å². The van der Waals surface area contributed by atoms with Gasteiger partial charge < -0.3 is 4.90 Å². The number of benzene rings is 1. The molecule has 1 aliphatic rings. The van der Waals surface area contributed by atoms with Gasteiger partial charge in [-0.2, -0.15) is 11.8 Å². The highest BCUT2D eigenvalue weighted by Gasteiger charge is 2.33. The van der Waals surface area contributed by atoms with Gasteiger partial charge in [0.05, 0.1) is 0 Å². The van der Waals surface area contributed by atoms with Gasteiger partial charge in [0.25, 0.3) is 0 Å². The van der Waals surface area contributed by atoms with Gasteiger partial charge in [0.2, 0.25) is 5.91 Å². The van der Waals surface area contributed by atoms with Crippen molar-refractivity contribution < 1.29 is 22.0 Å². The Kier molecular flexibility index (Phi) is 5.23. The second-order valence-corrected chi connectivity index (χ2v) is 8.21. The van der Waals surface area contributed by atoms with Gasteiger partial charge >= 0.3 is 0 Å². The molecule has 1 saturated heterocycles. The van der Waals surface area contributed by atoms with Crippen LogP contribution in [0.2, 0.25) is 0 Å². The molecule has 0 aromatic heterocycles. The third kappa shape index (κ3) is 3.86. The molecule has 1 aromatic carbocycles. The van der Waals surface area contributed by atoms with E-state index < -0.39 is 32.8 Å². The van der Waals surface area contributed by atoms with E-state index in [0.29, 0.717) is 11.5 Å². The van der Waals surface area contributed by atoms with Gasteiger partial charge in [0.1, 0.15) is 17.0 Å². The molecule has 0 N–H and O–H groups in total. The Morgan fingerprint density at radius 3 is 2.59 bits per heavy atom. The Morgan fingerprint density at radius 2 is 2.00 bits per heavy atom. The second kappa shape index (κ2) is 6.78. The van der Waals surface area contributed by atoms with Crippen LogP contribution in [0, 0.1) is 11.6 Å². The third-order valence-electron chi connectivity index (χ3n) is 3.25. The van der Waals surface area contributed by atoms with Gasteiger partial charge in [0.15, 0.2) is 9.84 Å². The van der Waals surface area contributed by atoms with Gasteiger partial charge in [-0.3, -0.25) is 4.79 Å². The number of nitrogens with zero attached hydrogens (tertiary/aromatic N) is 1. The van der Waals surface area contributed by atoms with E-state index in [0.717, 1.165) is 30.5 Å². The van der Waals surface area contributed by atoms with Crippen molar-refractivity contribution in [1.82, 2.24) is 4.90 Å². The standard InChI is InChI=1S/C14H15F2NO3S2/c1-22(19,20)14-9-21-8-7-17(14)13(18)6-5-10-11(15)3-2-4-12(10)16/h2-6,14H,7-9H2,1H3. The number of amides is 1. The Hall–Kier alpha value is -1.41. The average Bonchev–Trinajstić information content (AvgIpc) is 2.45. The Morgan fingerprint density at radius 1 is 1.36 bits per heavy atom. The molecule has 22 heavy (non-hydrogen) atoms. The number of hydrogen-bond donors (Lipinski definition) is 0. The molecule has 1 aromatic rings. The number of thioether (sulfide) groups is 1. The normalized spacial score (nSPS) is 19.6. The molecule has 120 valence electrons. The van der Waals surface area contributed by atoms with Crippen molar-refractivity contribution in [1.29, 1.82) is 0 Å². The van der Waals surface area contributed by atoms with Gasteiger partial charge in [0, 0.05) is 35.9 Å². The maximum atomic E-state index is 13.5. The summed E-state index contributed by atoms with van der Waals surface area (Å²) in [6.07, 6.45) is 3.12. The van der Waals surface area contributed by atoms with Crippen LogP contribution in [0.1, 0.15) is 5.56 Å². The first-order valence-electron chi connectivity index (χ1n) is 6.50. The summed E-state index contributed by atoms with van der Waals surface area (Å²) in [6, 6.07) is 3.40. The fraction of sp³-hybridized carbons (Fsp3) is 0.357. The maximum absolute atomic E-state index is 13.5. The van der Waals surface area contributed by atoms with E-state index in [9.17, 15) is 22.0 Å². The summed E-state index contributed by atoms with van der Waals surface area (Å²) in [4.78, 5) is 13.4. The monoisotopic (exact) mass is 347 g/mol. The first kappa shape index (κ1) is 17.0. The highest BCUT2D eigenvalue weighted by atomic mass is 32.2. The number of carbonyl (C=O) groups is 1. The number of halogens is 2. The zero-order chi connectivity index (χ0) is 16.3. The van der Waals surface area contributed by atoms with Crippen LogP contribution < -0.4 is 0 Å². The van der Waals surface area contributed by atoms with Crippen molar-refractivity contribution in [2.75, 3.05) is 24.3 Å². The van der Waals surface area contributed by atoms with Crippen LogP contribution in [-0.4, -0.2) is 48.9 Å². The zero-order valence-electron chi connectivity index (χ0n) is 11.8. The largest absolute Gasteiger partial charge is 0.320 e. The van der Waals surface area contributed by atoms with E-state index in [1.807, 2.05) is 0 Å². The minimum Gasteiger partial charge on any atom is -0.320 e. The summed E-state index contributed by atoms with van der Waals surface area (Å²) in [5.74, 6) is -1.21. The summed E-state index contributed by atoms with van der Waals surface area (Å²) < 4.78 is 50.5. The predicted molar refractivity (Wildman–Crippen MR) is 83.1 cm³/mol. The molecule has 0 radical (unpaired) electrons. The van der Waals surface area contributed by atoms with E-state index in [2.05, 4.69) is 0 Å². The van der Waals surface area contributed by atoms with E-state index >= 15 is 0 Å². The molecule has 4 nitrogen and oxygen atoms in total. The smallest absolute Gasteiger partial charge is 0.247 e. The quantitative estimate of drug-likeness (QED) is 0.784. The van der Waals surface area contributed by atoms with Gasteiger partial charge in [-0.1, -0.05) is 6.07 Å². The van der Waals surface area contributed by atoms with E-state index in [1.165, 1.54) is 22.7 Å². The van der Waals surface area contributed by atoms with Crippen LogP contribution in [0.5, 0.6) is 0 Å². The van der Waals surface area contributed by atoms with Gasteiger partial charge in [-0.15, -0.1) is 0 Å². The van der Waals surface area contributed by atoms with Crippen molar-refractivity contribution in [2.45, 2.75) is 5.37 Å². The van der Waals surface area contributed by atoms with Crippen molar-refractivity contribution in [3.05, 3.63) is 41.5 Å². The number of sulfone groups is 1. The molecule has 0 aliphatic carbocycles. The average molecular weight is 347 g/mol. The molecule has 0 bridgehead atoms. The summed E-state index contributed by atoms with van der Waals surface area (Å²) in [6.45, 7) is 0.283. The SMILES string of the molecule is CS(=O)(=O)C1CSCCN1C(=O)C=Cc1c(F)cccc1F. The summed E-state index contributed by atoms with van der Waals surface area (Å²) in [5.41, 5.74) is -0.321. The second-order valence-electron chi connectivity index (χ2n) is 4.86. The lowest BCUT2D eigenvalue weighted by Gasteiger charge is -2.33. The molecule has 1 heterocycles. The van der Waals surface area contributed by atoms with Crippen LogP contribution in [0.25, 0.3) is 6.08 Å². The maximum Gasteiger partial charge on any atom is 0.247 e. The Balaban J connectivity index is 2.22. The van der Waals surface area contributed by atoms with Crippen LogP contribution >= 0.6 is 11.8 Å². The molecule has 0 saturated carbocycles. The minimum atomic E-state index is -3.42. The number of hydrogen-bond acceptors (Lipinski definition) is 4. The fourth-order valence-corrected chi connectivity index (χ4v) is 4.93. The third-order valence-corrected chi connectivity index (χ3v) is 5.90. The van der Waals surface area contributed by atoms with Crippen LogP contribution in [-0.2, 0) is 14.6 Å². The molecule has 2 rings (SSSR count). The van der Waals surface area contributed by atoms with Crippen molar-refractivity contribution >= 4 is 33.6 Å². The molecule has 1 atom stereocenters. The van der Waals surface area contributed by atoms with Crippen molar-refractivity contribution in [3.63, 3.8) is 0 Å².